The number of para-hydroxylation sites is 2. The minimum atomic E-state index is 0.0615. The second-order valence-corrected chi connectivity index (χ2v) is 23.1. The lowest BCUT2D eigenvalue weighted by molar-refractivity contribution is -0.125. The molecular weight excluding hydrogens is 1050 g/mol. The van der Waals surface area contributed by atoms with Gasteiger partial charge in [-0.25, -0.2) is 19.9 Å². The molecule has 13 rings (SSSR count). The molecule has 4 N–H and O–H groups in total. The molecule has 4 aromatic carbocycles. The first-order valence-corrected chi connectivity index (χ1v) is 29.9. The highest BCUT2D eigenvalue weighted by Gasteiger charge is 2.40. The summed E-state index contributed by atoms with van der Waals surface area (Å²) < 4.78 is 22.3. The van der Waals surface area contributed by atoms with E-state index in [1.165, 1.54) is 11.4 Å². The van der Waals surface area contributed by atoms with Crippen LogP contribution in [-0.4, -0.2) is 140 Å². The number of likely N-dealkylation sites (tertiary alicyclic amines) is 2. The molecule has 0 bridgehead atoms. The first-order chi connectivity index (χ1) is 41.1. The van der Waals surface area contributed by atoms with Gasteiger partial charge in [0.05, 0.1) is 29.5 Å². The Morgan fingerprint density at radius 2 is 1.05 bits per heavy atom. The van der Waals surface area contributed by atoms with E-state index in [1.54, 1.807) is 24.8 Å². The zero-order valence-electron chi connectivity index (χ0n) is 48.4. The Bertz CT molecular complexity index is 3650. The van der Waals surface area contributed by atoms with E-state index < -0.39 is 0 Å². The van der Waals surface area contributed by atoms with Crippen LogP contribution in [0.25, 0.3) is 44.3 Å². The summed E-state index contributed by atoms with van der Waals surface area (Å²) in [7, 11) is 4.17. The Labute approximate surface area is 491 Å². The number of benzene rings is 4. The number of carbonyl (C=O) groups excluding carboxylic acids is 2. The maximum atomic E-state index is 13.2. The van der Waals surface area contributed by atoms with Crippen molar-refractivity contribution in [1.82, 2.24) is 48.7 Å². The molecule has 0 spiro atoms. The number of likely N-dealkylation sites (N-methyl/N-ethyl adjacent to an activating group) is 2. The van der Waals surface area contributed by atoms with Crippen LogP contribution < -0.4 is 20.9 Å². The molecule has 3 aliphatic heterocycles. The molecule has 5 aliphatic rings. The van der Waals surface area contributed by atoms with Gasteiger partial charge in [0.15, 0.2) is 0 Å². The Morgan fingerprint density at radius 1 is 0.595 bits per heavy atom. The summed E-state index contributed by atoms with van der Waals surface area (Å²) in [5.41, 5.74) is 21.7. The zero-order chi connectivity index (χ0) is 57.7. The van der Waals surface area contributed by atoms with Gasteiger partial charge in [0.25, 0.3) is 0 Å². The molecule has 5 fully saturated rings. The minimum absolute atomic E-state index is 0.0615. The van der Waals surface area contributed by atoms with Gasteiger partial charge >= 0.3 is 0 Å². The average Bonchev–Trinajstić information content (AvgIpc) is 1.85. The van der Waals surface area contributed by atoms with Crippen LogP contribution >= 0.6 is 0 Å². The summed E-state index contributed by atoms with van der Waals surface area (Å²) >= 11 is 0. The predicted octanol–water partition coefficient (Wildman–Crippen LogP) is 11.4. The van der Waals surface area contributed by atoms with Crippen LogP contribution in [0.1, 0.15) is 93.6 Å². The van der Waals surface area contributed by atoms with E-state index in [1.807, 2.05) is 107 Å². The van der Waals surface area contributed by atoms with Gasteiger partial charge in [0, 0.05) is 86.6 Å². The molecular formula is C67H76N12O5. The third-order valence-electron chi connectivity index (χ3n) is 17.0. The number of anilines is 2. The number of nitrogens with two attached hydrogens (primary N) is 2. The number of aromatic nitrogens is 6. The molecule has 0 radical (unpaired) electrons. The largest absolute Gasteiger partial charge is 0.457 e. The summed E-state index contributed by atoms with van der Waals surface area (Å²) in [6, 6.07) is 36.7. The quantitative estimate of drug-likeness (QED) is 0.0729. The molecule has 434 valence electrons. The lowest BCUT2D eigenvalue weighted by Crippen LogP contribution is -2.32. The van der Waals surface area contributed by atoms with E-state index in [-0.39, 0.29) is 23.9 Å². The Kier molecular flexibility index (Phi) is 16.9. The average molecular weight is 1130 g/mol. The van der Waals surface area contributed by atoms with Crippen molar-refractivity contribution in [2.24, 2.45) is 0 Å². The van der Waals surface area contributed by atoms with E-state index >= 15 is 0 Å². The fourth-order valence-electron chi connectivity index (χ4n) is 12.5. The van der Waals surface area contributed by atoms with Crippen molar-refractivity contribution in [3.63, 3.8) is 0 Å². The van der Waals surface area contributed by atoms with Gasteiger partial charge in [-0.3, -0.25) is 14.5 Å². The van der Waals surface area contributed by atoms with Crippen molar-refractivity contribution in [2.75, 3.05) is 84.6 Å². The lowest BCUT2D eigenvalue weighted by atomic mass is 10.0. The number of nitrogen functional groups attached to an aromatic ring is 2. The van der Waals surface area contributed by atoms with E-state index in [4.69, 9.17) is 35.6 Å². The molecule has 1 unspecified atom stereocenters. The van der Waals surface area contributed by atoms with Crippen molar-refractivity contribution in [3.05, 3.63) is 158 Å². The fraction of sp³-hybridized carbons (Fsp3) is 0.373. The van der Waals surface area contributed by atoms with Gasteiger partial charge in [-0.15, -0.1) is 0 Å². The van der Waals surface area contributed by atoms with Crippen molar-refractivity contribution in [1.29, 1.82) is 0 Å². The van der Waals surface area contributed by atoms with Crippen molar-refractivity contribution in [3.8, 4) is 45.3 Å². The van der Waals surface area contributed by atoms with Crippen molar-refractivity contribution < 1.29 is 23.8 Å². The number of hydrogen-bond donors (Lipinski definition) is 2. The summed E-state index contributed by atoms with van der Waals surface area (Å²) in [6.45, 7) is 9.02. The van der Waals surface area contributed by atoms with E-state index in [0.29, 0.717) is 49.1 Å². The van der Waals surface area contributed by atoms with Crippen LogP contribution in [0.3, 0.4) is 0 Å². The highest BCUT2D eigenvalue weighted by Crippen LogP contribution is 2.53. The van der Waals surface area contributed by atoms with E-state index in [9.17, 15) is 9.59 Å². The van der Waals surface area contributed by atoms with Crippen LogP contribution in [0.5, 0.6) is 23.0 Å². The fourth-order valence-corrected chi connectivity index (χ4v) is 12.5. The van der Waals surface area contributed by atoms with Crippen LogP contribution in [0, 0.1) is 0 Å². The van der Waals surface area contributed by atoms with E-state index in [0.717, 1.165) is 158 Å². The summed E-state index contributed by atoms with van der Waals surface area (Å²) in [6.07, 6.45) is 18.9. The standard InChI is InChI=1S/C34H38N6O3.C33H38N6O2/c1-38(26-16-19-42-21-26)17-5-8-29(41)39-18-15-25(20-39)40-32(24-9-10-24)30(31-33(35)36-22-37-34(31)40)23-11-13-28(14-12-23)43-27-6-3-2-4-7-27;1-3-18-37(2)19-7-10-28(40)38-20-17-25(21-38)39-31(24-11-12-24)29(30-32(34)35-22-36-33(30)39)23-13-15-27(16-14-23)41-26-8-5-4-6-9-26/h2-8,11-14,22,24-26H,9-10,15-21H2,1H3,(H2,35,36,37);4-10,13-16,22,24-25H,3,11-12,17-21H2,1-2H3,(H2,34,35,36)/b8-5+;10-7+/t25-,26?;25-/m11/s1. The summed E-state index contributed by atoms with van der Waals surface area (Å²) in [4.78, 5) is 52.9. The number of carbonyl (C=O) groups is 2. The molecule has 17 nitrogen and oxygen atoms in total. The highest BCUT2D eigenvalue weighted by atomic mass is 16.5. The van der Waals surface area contributed by atoms with Crippen molar-refractivity contribution in [2.45, 2.75) is 88.3 Å². The first-order valence-electron chi connectivity index (χ1n) is 29.9. The SMILES string of the molecule is CCCN(C)C/C=C/C(=O)N1CC[C@@H](n2c(C3CC3)c(-c3ccc(Oc4ccccc4)cc3)c3c(N)ncnc32)C1.CN(C/C=C/C(=O)N1CC[C@@H](n2c(C3CC3)c(-c3ccc(Oc4ccccc4)cc3)c3c(N)ncnc32)C1)C1CCOC1. The number of fused-ring (bicyclic) bond motifs is 2. The Hall–Kier alpha value is -8.38. The summed E-state index contributed by atoms with van der Waals surface area (Å²) in [5.74, 6) is 5.13. The Morgan fingerprint density at radius 3 is 1.48 bits per heavy atom. The maximum absolute atomic E-state index is 13.2. The third-order valence-corrected chi connectivity index (χ3v) is 17.0. The number of rotatable bonds is 19. The van der Waals surface area contributed by atoms with Gasteiger partial charge in [-0.05, 0) is 144 Å². The highest BCUT2D eigenvalue weighted by molar-refractivity contribution is 6.04. The van der Waals surface area contributed by atoms with Gasteiger partial charge < -0.3 is 49.5 Å². The number of hydrogen-bond acceptors (Lipinski definition) is 13. The maximum Gasteiger partial charge on any atom is 0.246 e. The van der Waals surface area contributed by atoms with Crippen LogP contribution in [-0.2, 0) is 14.3 Å². The number of nitrogens with zero attached hydrogens (tertiary/aromatic N) is 10. The molecule has 2 aliphatic carbocycles. The normalized spacial score (nSPS) is 18.9. The van der Waals surface area contributed by atoms with Crippen LogP contribution in [0.2, 0.25) is 0 Å². The molecule has 7 heterocycles. The van der Waals surface area contributed by atoms with Gasteiger partial charge in [0.2, 0.25) is 11.8 Å². The first kappa shape index (κ1) is 56.1. The molecule has 3 saturated heterocycles. The molecule has 8 aromatic rings. The Balaban J connectivity index is 0.000000166. The predicted molar refractivity (Wildman–Crippen MR) is 330 cm³/mol. The zero-order valence-corrected chi connectivity index (χ0v) is 48.4. The molecule has 2 saturated carbocycles. The second kappa shape index (κ2) is 25.2. The lowest BCUT2D eigenvalue weighted by Gasteiger charge is -2.21. The molecule has 2 amide bonds. The molecule has 3 atom stereocenters. The molecule has 84 heavy (non-hydrogen) atoms. The smallest absolute Gasteiger partial charge is 0.246 e. The summed E-state index contributed by atoms with van der Waals surface area (Å²) in [5, 5.41) is 1.79. The number of ether oxygens (including phenoxy) is 3. The van der Waals surface area contributed by atoms with Gasteiger partial charge in [0.1, 0.15) is 58.6 Å². The minimum Gasteiger partial charge on any atom is -0.457 e. The van der Waals surface area contributed by atoms with Gasteiger partial charge in [-0.2, -0.15) is 0 Å². The van der Waals surface area contributed by atoms with E-state index in [2.05, 4.69) is 74.2 Å². The molecule has 4 aromatic heterocycles. The molecule has 17 heteroatoms. The number of amides is 2. The monoisotopic (exact) mass is 1130 g/mol. The topological polar surface area (TPSA) is 188 Å². The third kappa shape index (κ3) is 12.3. The van der Waals surface area contributed by atoms with Crippen LogP contribution in [0.4, 0.5) is 11.6 Å². The van der Waals surface area contributed by atoms with Crippen LogP contribution in [0.15, 0.2) is 146 Å². The van der Waals surface area contributed by atoms with Gasteiger partial charge in [-0.1, -0.05) is 79.7 Å². The van der Waals surface area contributed by atoms with Crippen molar-refractivity contribution >= 4 is 45.5 Å². The second-order valence-electron chi connectivity index (χ2n) is 23.1.